The number of amides is 1. The number of hydrogen-bond donors (Lipinski definition) is 1. The molecule has 1 amide bonds. The molecule has 3 aromatic carbocycles. The van der Waals surface area contributed by atoms with Gasteiger partial charge in [-0.2, -0.15) is 13.2 Å². The quantitative estimate of drug-likeness (QED) is 0.341. The lowest BCUT2D eigenvalue weighted by atomic mass is 9.99. The van der Waals surface area contributed by atoms with E-state index in [2.05, 4.69) is 4.85 Å². The van der Waals surface area contributed by atoms with Crippen LogP contribution in [0.4, 0.5) is 18.9 Å². The number of halogens is 3. The van der Waals surface area contributed by atoms with E-state index in [4.69, 9.17) is 16.0 Å². The first-order valence-electron chi connectivity index (χ1n) is 10.5. The lowest BCUT2D eigenvalue weighted by molar-refractivity contribution is -0.173. The molecule has 3 rings (SSSR count). The molecule has 0 fully saturated rings. The van der Waals surface area contributed by atoms with Crippen LogP contribution in [0.2, 0.25) is 0 Å². The molecule has 35 heavy (non-hydrogen) atoms. The molecule has 1 N–H and O–H groups in total. The van der Waals surface area contributed by atoms with Gasteiger partial charge in [0.05, 0.1) is 19.2 Å². The van der Waals surface area contributed by atoms with Crippen molar-refractivity contribution in [3.63, 3.8) is 0 Å². The molecular weight excluding hydrogens is 461 g/mol. The molecule has 0 saturated heterocycles. The molecule has 9 heteroatoms. The van der Waals surface area contributed by atoms with Gasteiger partial charge in [-0.15, -0.1) is 0 Å². The van der Waals surface area contributed by atoms with Crippen LogP contribution in [0.1, 0.15) is 21.5 Å². The summed E-state index contributed by atoms with van der Waals surface area (Å²) >= 11 is 0. The Labute approximate surface area is 200 Å². The van der Waals surface area contributed by atoms with Crippen molar-refractivity contribution < 1.29 is 32.2 Å². The van der Waals surface area contributed by atoms with Gasteiger partial charge >= 0.3 is 18.1 Å². The molecule has 0 aliphatic rings. The Morgan fingerprint density at radius 3 is 2.46 bits per heavy atom. The molecule has 0 atom stereocenters. The maximum atomic E-state index is 12.3. The highest BCUT2D eigenvalue weighted by atomic mass is 19.4. The third kappa shape index (κ3) is 7.08. The number of carbonyl (C=O) groups is 2. The van der Waals surface area contributed by atoms with Crippen molar-refractivity contribution >= 4 is 17.6 Å². The number of methoxy groups -OCH3 is 1. The minimum absolute atomic E-state index is 0.106. The second kappa shape index (κ2) is 11.2. The largest absolute Gasteiger partial charge is 0.489 e. The van der Waals surface area contributed by atoms with Gasteiger partial charge in [0.15, 0.2) is 5.69 Å². The average Bonchev–Trinajstić information content (AvgIpc) is 2.86. The number of ether oxygens (including phenoxy) is 2. The summed E-state index contributed by atoms with van der Waals surface area (Å²) in [7, 11) is 1.29. The number of nitrogens with zero attached hydrogens (tertiary/aromatic N) is 1. The topological polar surface area (TPSA) is 69.0 Å². The van der Waals surface area contributed by atoms with Crippen LogP contribution in [0.15, 0.2) is 66.7 Å². The van der Waals surface area contributed by atoms with Crippen LogP contribution in [-0.2, 0) is 22.6 Å². The molecule has 0 unspecified atom stereocenters. The Morgan fingerprint density at radius 1 is 0.971 bits per heavy atom. The normalized spacial score (nSPS) is 10.8. The van der Waals surface area contributed by atoms with Gasteiger partial charge in [-0.25, -0.2) is 9.64 Å². The van der Waals surface area contributed by atoms with Gasteiger partial charge in [0.1, 0.15) is 12.4 Å². The van der Waals surface area contributed by atoms with Crippen molar-refractivity contribution in [2.75, 3.05) is 13.7 Å². The van der Waals surface area contributed by atoms with Crippen LogP contribution in [0.3, 0.4) is 0 Å². The number of nitrogens with one attached hydrogen (secondary N) is 1. The van der Waals surface area contributed by atoms with E-state index < -0.39 is 18.1 Å². The van der Waals surface area contributed by atoms with Crippen LogP contribution in [0.5, 0.6) is 5.75 Å². The van der Waals surface area contributed by atoms with Crippen LogP contribution in [0.25, 0.3) is 16.0 Å². The minimum atomic E-state index is -4.92. The molecule has 0 aromatic heterocycles. The lowest BCUT2D eigenvalue weighted by Gasteiger charge is -2.12. The van der Waals surface area contributed by atoms with Crippen LogP contribution in [-0.4, -0.2) is 31.7 Å². The summed E-state index contributed by atoms with van der Waals surface area (Å²) in [5.41, 5.74) is 3.63. The average molecular weight is 482 g/mol. The van der Waals surface area contributed by atoms with Crippen molar-refractivity contribution in [1.29, 1.82) is 0 Å². The van der Waals surface area contributed by atoms with E-state index in [1.165, 1.54) is 7.11 Å². The maximum absolute atomic E-state index is 12.3. The molecule has 0 aliphatic carbocycles. The number of carbonyl (C=O) groups excluding carboxylic acids is 2. The number of rotatable bonds is 8. The summed E-state index contributed by atoms with van der Waals surface area (Å²) in [5.74, 6) is -2.02. The highest BCUT2D eigenvalue weighted by molar-refractivity contribution is 5.91. The molecule has 6 nitrogen and oxygen atoms in total. The van der Waals surface area contributed by atoms with Gasteiger partial charge in [-0.3, -0.25) is 4.79 Å². The molecule has 0 radical (unpaired) electrons. The molecule has 0 saturated carbocycles. The van der Waals surface area contributed by atoms with Gasteiger partial charge in [-0.1, -0.05) is 30.3 Å². The zero-order chi connectivity index (χ0) is 25.4. The Kier molecular flexibility index (Phi) is 8.10. The zero-order valence-corrected chi connectivity index (χ0v) is 18.7. The summed E-state index contributed by atoms with van der Waals surface area (Å²) in [4.78, 5) is 26.6. The number of esters is 1. The van der Waals surface area contributed by atoms with Crippen molar-refractivity contribution in [1.82, 2.24) is 5.32 Å². The fraction of sp³-hybridized carbons (Fsp3) is 0.192. The number of benzene rings is 3. The SMILES string of the molecule is [C-]#[N+]c1cccc(-c2cc(COc3cccc(CCNC(=O)C(F)(F)F)c3)cc(C(=O)OC)c2)c1. The molecule has 180 valence electrons. The standard InChI is InChI=1S/C26H21F3N2O4/c1-30-22-7-4-6-19(15-22)20-11-18(12-21(14-20)24(32)34-2)16-35-23-8-3-5-17(13-23)9-10-31-25(33)26(27,28)29/h3-8,11-15H,9-10,16H2,2H3,(H,31,33). The first-order chi connectivity index (χ1) is 16.7. The molecule has 0 bridgehead atoms. The number of alkyl halides is 3. The smallest absolute Gasteiger partial charge is 0.471 e. The van der Waals surface area contributed by atoms with Gasteiger partial charge < -0.3 is 14.8 Å². The van der Waals surface area contributed by atoms with Gasteiger partial charge in [0.2, 0.25) is 0 Å². The van der Waals surface area contributed by atoms with Gasteiger partial charge in [0, 0.05) is 6.54 Å². The summed E-state index contributed by atoms with van der Waals surface area (Å²) in [6, 6.07) is 18.9. The van der Waals surface area contributed by atoms with Crippen molar-refractivity contribution in [2.24, 2.45) is 0 Å². The van der Waals surface area contributed by atoms with Crippen LogP contribution < -0.4 is 10.1 Å². The van der Waals surface area contributed by atoms with Crippen molar-refractivity contribution in [2.45, 2.75) is 19.2 Å². The minimum Gasteiger partial charge on any atom is -0.489 e. The Bertz CT molecular complexity index is 1270. The van der Waals surface area contributed by atoms with E-state index in [-0.39, 0.29) is 19.6 Å². The highest BCUT2D eigenvalue weighted by Gasteiger charge is 2.38. The predicted octanol–water partition coefficient (Wildman–Crippen LogP) is 5.49. The summed E-state index contributed by atoms with van der Waals surface area (Å²) < 4.78 is 47.6. The van der Waals surface area contributed by atoms with Crippen molar-refractivity contribution in [3.8, 4) is 16.9 Å². The van der Waals surface area contributed by atoms with E-state index in [1.54, 1.807) is 54.6 Å². The Morgan fingerprint density at radius 2 is 1.74 bits per heavy atom. The fourth-order valence-corrected chi connectivity index (χ4v) is 3.31. The third-order valence-corrected chi connectivity index (χ3v) is 4.98. The zero-order valence-electron chi connectivity index (χ0n) is 18.7. The molecule has 0 heterocycles. The summed E-state index contributed by atoms with van der Waals surface area (Å²) in [6.45, 7) is 7.15. The van der Waals surface area contributed by atoms with Crippen LogP contribution >= 0.6 is 0 Å². The fourth-order valence-electron chi connectivity index (χ4n) is 3.31. The van der Waals surface area contributed by atoms with E-state index in [0.717, 1.165) is 5.56 Å². The van der Waals surface area contributed by atoms with E-state index >= 15 is 0 Å². The second-order valence-electron chi connectivity index (χ2n) is 7.51. The Hall–Kier alpha value is -4.32. The van der Waals surface area contributed by atoms with Gasteiger partial charge in [-0.05, 0) is 65.1 Å². The first-order valence-corrected chi connectivity index (χ1v) is 10.5. The van der Waals surface area contributed by atoms with E-state index in [9.17, 15) is 22.8 Å². The van der Waals surface area contributed by atoms with Gasteiger partial charge in [0.25, 0.3) is 0 Å². The second-order valence-corrected chi connectivity index (χ2v) is 7.51. The summed E-state index contributed by atoms with van der Waals surface area (Å²) in [5, 5.41) is 1.83. The molecular formula is C26H21F3N2O4. The molecule has 0 aliphatic heterocycles. The number of hydrogen-bond acceptors (Lipinski definition) is 4. The highest BCUT2D eigenvalue weighted by Crippen LogP contribution is 2.27. The van der Waals surface area contributed by atoms with E-state index in [1.807, 2.05) is 17.4 Å². The lowest BCUT2D eigenvalue weighted by Crippen LogP contribution is -2.37. The summed E-state index contributed by atoms with van der Waals surface area (Å²) in [6.07, 6.45) is -4.72. The van der Waals surface area contributed by atoms with Crippen molar-refractivity contribution in [3.05, 3.63) is 94.8 Å². The molecule has 0 spiro atoms. The predicted molar refractivity (Wildman–Crippen MR) is 123 cm³/mol. The maximum Gasteiger partial charge on any atom is 0.471 e. The van der Waals surface area contributed by atoms with E-state index in [0.29, 0.717) is 33.7 Å². The monoisotopic (exact) mass is 482 g/mol. The molecule has 3 aromatic rings. The first kappa shape index (κ1) is 25.3. The third-order valence-electron chi connectivity index (χ3n) is 4.98. The Balaban J connectivity index is 1.74. The van der Waals surface area contributed by atoms with Crippen LogP contribution in [0, 0.1) is 6.57 Å².